The highest BCUT2D eigenvalue weighted by Gasteiger charge is 2.26. The molecule has 2 heterocycles. The van der Waals surface area contributed by atoms with Crippen LogP contribution >= 0.6 is 23.2 Å². The van der Waals surface area contributed by atoms with E-state index in [4.69, 9.17) is 28.9 Å². The van der Waals surface area contributed by atoms with E-state index in [2.05, 4.69) is 97.1 Å². The number of nitrogens with one attached hydrogen (secondary N) is 2. The van der Waals surface area contributed by atoms with Gasteiger partial charge in [-0.15, -0.1) is 0 Å². The minimum absolute atomic E-state index is 0.0113. The van der Waals surface area contributed by atoms with Crippen LogP contribution in [0.5, 0.6) is 0 Å². The maximum atomic E-state index is 13.9. The minimum atomic E-state index is -0.455. The van der Waals surface area contributed by atoms with Gasteiger partial charge in [0.1, 0.15) is 0 Å². The molecular formula is C59H66Cl2N10O5. The molecule has 0 saturated carbocycles. The summed E-state index contributed by atoms with van der Waals surface area (Å²) in [5.74, 6) is 0.922. The van der Waals surface area contributed by atoms with Gasteiger partial charge in [-0.2, -0.15) is 10.2 Å². The van der Waals surface area contributed by atoms with Crippen molar-refractivity contribution in [3.63, 3.8) is 0 Å². The number of halogens is 2. The lowest BCUT2D eigenvalue weighted by atomic mass is 10.0. The number of carbonyl (C=O) groups excluding carboxylic acids is 1. The molecule has 2 amide bonds. The number of rotatable bonds is 17. The molecule has 0 bridgehead atoms. The van der Waals surface area contributed by atoms with Crippen molar-refractivity contribution in [2.45, 2.75) is 106 Å². The second-order valence-electron chi connectivity index (χ2n) is 18.5. The molecule has 0 unspecified atom stereocenters. The van der Waals surface area contributed by atoms with Crippen molar-refractivity contribution in [3.05, 3.63) is 221 Å². The first-order valence-corrected chi connectivity index (χ1v) is 26.2. The van der Waals surface area contributed by atoms with Crippen LogP contribution in [0.3, 0.4) is 0 Å². The molecule has 0 saturated heterocycles. The molecule has 4 N–H and O–H groups in total. The molecule has 0 radical (unpaired) electrons. The largest absolute Gasteiger partial charge is 0.398 e. The number of urea groups is 1. The lowest BCUT2D eigenvalue weighted by Gasteiger charge is -2.26. The number of anilines is 4. The SMILES string of the molecule is CC(C)c1ccc(NCc2ccc(-n3cccn3)cc2)cc1.CCc1c(Cl)cc([N+](=O)[O-])c(CC)c1N.CCc1c(Cl)cc([N+](=O)[O-])c(CC)c1NC(=O)N(Cc1ccc(-n2cccn2)cc1)c1ccc(C(C)C)cc1. The maximum absolute atomic E-state index is 13.9. The summed E-state index contributed by atoms with van der Waals surface area (Å²) in [6.07, 6.45) is 9.41. The molecule has 8 rings (SSSR count). The standard InChI is InChI=1S/C30H32ClN5O3.C19H21N3.C10H13ClN2O2/c1-5-25-27(31)18-28(36(38)39)26(6-2)29(25)33-30(37)34(23-14-10-22(11-15-23)20(3)4)19-21-8-12-24(13-9-21)35-17-7-16-32-35;1-15(2)17-6-8-18(9-7-17)20-14-16-4-10-19(11-5-16)22-13-3-12-21-22;1-3-6-8(11)5-9(13(14)15)7(4-2)10(6)12/h7-18,20H,5-6,19H2,1-4H3,(H,33,37);3-13,15,20H,14H2,1-2H3;5H,3-4,12H2,1-2H3. The first-order valence-electron chi connectivity index (χ1n) is 25.4. The van der Waals surface area contributed by atoms with Crippen LogP contribution in [-0.4, -0.2) is 35.4 Å². The summed E-state index contributed by atoms with van der Waals surface area (Å²) in [5, 5.41) is 38.1. The summed E-state index contributed by atoms with van der Waals surface area (Å²) < 4.78 is 3.63. The predicted molar refractivity (Wildman–Crippen MR) is 309 cm³/mol. The van der Waals surface area contributed by atoms with Gasteiger partial charge in [0.15, 0.2) is 0 Å². The molecule has 6 aromatic carbocycles. The van der Waals surface area contributed by atoms with Gasteiger partial charge in [-0.1, -0.05) is 127 Å². The van der Waals surface area contributed by atoms with Gasteiger partial charge in [0.25, 0.3) is 11.4 Å². The highest BCUT2D eigenvalue weighted by atomic mass is 35.5. The van der Waals surface area contributed by atoms with Crippen LogP contribution in [0.4, 0.5) is 38.9 Å². The van der Waals surface area contributed by atoms with Gasteiger partial charge in [-0.3, -0.25) is 25.1 Å². The van der Waals surface area contributed by atoms with Crippen molar-refractivity contribution in [2.24, 2.45) is 0 Å². The number of nitrogens with two attached hydrogens (primary N) is 1. The minimum Gasteiger partial charge on any atom is -0.398 e. The second-order valence-corrected chi connectivity index (χ2v) is 19.3. The van der Waals surface area contributed by atoms with Gasteiger partial charge in [-0.05, 0) is 132 Å². The molecule has 0 fully saturated rings. The number of amides is 2. The third kappa shape index (κ3) is 14.4. The van der Waals surface area contributed by atoms with Crippen molar-refractivity contribution >= 4 is 63.4 Å². The Morgan fingerprint density at radius 3 is 1.51 bits per heavy atom. The zero-order valence-corrected chi connectivity index (χ0v) is 45.8. The van der Waals surface area contributed by atoms with E-state index in [0.29, 0.717) is 76.3 Å². The second kappa shape index (κ2) is 27.0. The zero-order valence-electron chi connectivity index (χ0n) is 44.3. The lowest BCUT2D eigenvalue weighted by Crippen LogP contribution is -2.35. The van der Waals surface area contributed by atoms with E-state index in [1.54, 1.807) is 22.0 Å². The van der Waals surface area contributed by atoms with Gasteiger partial charge >= 0.3 is 6.03 Å². The number of nitro groups is 2. The molecule has 0 aliphatic heterocycles. The Kier molecular flexibility index (Phi) is 20.3. The Labute approximate surface area is 455 Å². The van der Waals surface area contributed by atoms with Crippen molar-refractivity contribution in [3.8, 4) is 11.4 Å². The highest BCUT2D eigenvalue weighted by Crippen LogP contribution is 2.38. The maximum Gasteiger partial charge on any atom is 0.326 e. The Morgan fingerprint density at radius 1 is 0.632 bits per heavy atom. The molecule has 396 valence electrons. The Bertz CT molecular complexity index is 3180. The number of hydrogen-bond acceptors (Lipinski definition) is 9. The van der Waals surface area contributed by atoms with Gasteiger partial charge in [0.05, 0.1) is 54.6 Å². The van der Waals surface area contributed by atoms with Crippen molar-refractivity contribution in [2.75, 3.05) is 21.3 Å². The molecule has 8 aromatic rings. The molecule has 17 heteroatoms. The Balaban J connectivity index is 0.000000211. The first-order chi connectivity index (χ1) is 36.5. The topological polar surface area (TPSA) is 192 Å². The summed E-state index contributed by atoms with van der Waals surface area (Å²) in [4.78, 5) is 37.2. The van der Waals surface area contributed by atoms with E-state index in [0.717, 1.165) is 40.3 Å². The third-order valence-corrected chi connectivity index (χ3v) is 13.6. The first kappa shape index (κ1) is 57.3. The van der Waals surface area contributed by atoms with Crippen LogP contribution in [0.25, 0.3) is 11.4 Å². The molecular weight excluding hydrogens is 1000 g/mol. The third-order valence-electron chi connectivity index (χ3n) is 13.0. The smallest absolute Gasteiger partial charge is 0.326 e. The van der Waals surface area contributed by atoms with Crippen LogP contribution in [0, 0.1) is 20.2 Å². The molecule has 0 atom stereocenters. The fraction of sp³-hybridized carbons (Fsp3) is 0.271. The number of nitro benzene ring substituents is 2. The van der Waals surface area contributed by atoms with E-state index in [-0.39, 0.29) is 22.9 Å². The predicted octanol–water partition coefficient (Wildman–Crippen LogP) is 15.5. The van der Waals surface area contributed by atoms with E-state index in [1.807, 2.05) is 105 Å². The lowest BCUT2D eigenvalue weighted by molar-refractivity contribution is -0.385. The van der Waals surface area contributed by atoms with Crippen LogP contribution < -0.4 is 21.3 Å². The van der Waals surface area contributed by atoms with Gasteiger partial charge < -0.3 is 16.4 Å². The van der Waals surface area contributed by atoms with Gasteiger partial charge in [0, 0.05) is 60.5 Å². The van der Waals surface area contributed by atoms with E-state index < -0.39 is 15.9 Å². The number of nitrogens with zero attached hydrogens (tertiary/aromatic N) is 7. The summed E-state index contributed by atoms with van der Waals surface area (Å²) >= 11 is 12.4. The molecule has 76 heavy (non-hydrogen) atoms. The highest BCUT2D eigenvalue weighted by molar-refractivity contribution is 6.32. The van der Waals surface area contributed by atoms with Crippen molar-refractivity contribution < 1.29 is 14.6 Å². The molecule has 0 aliphatic rings. The fourth-order valence-corrected chi connectivity index (χ4v) is 9.28. The molecule has 15 nitrogen and oxygen atoms in total. The van der Waals surface area contributed by atoms with Crippen LogP contribution in [-0.2, 0) is 38.8 Å². The van der Waals surface area contributed by atoms with Gasteiger partial charge in [-0.25, -0.2) is 14.2 Å². The van der Waals surface area contributed by atoms with Crippen molar-refractivity contribution in [1.29, 1.82) is 0 Å². The summed E-state index contributed by atoms with van der Waals surface area (Å²) in [7, 11) is 0. The fourth-order valence-electron chi connectivity index (χ4n) is 8.61. The van der Waals surface area contributed by atoms with Crippen LogP contribution in [0.1, 0.15) is 112 Å². The summed E-state index contributed by atoms with van der Waals surface area (Å²) in [6.45, 7) is 17.3. The summed E-state index contributed by atoms with van der Waals surface area (Å²) in [6, 6.07) is 38.9. The number of nitrogen functional groups attached to an aromatic ring is 1. The molecule has 2 aromatic heterocycles. The number of carbonyl (C=O) groups is 1. The average molecular weight is 1070 g/mol. The zero-order chi connectivity index (χ0) is 55.1. The Morgan fingerprint density at radius 2 is 1.08 bits per heavy atom. The number of aromatic nitrogens is 4. The van der Waals surface area contributed by atoms with E-state index in [9.17, 15) is 25.0 Å². The normalized spacial score (nSPS) is 10.8. The van der Waals surface area contributed by atoms with Crippen molar-refractivity contribution in [1.82, 2.24) is 19.6 Å². The Hall–Kier alpha value is -8.01. The van der Waals surface area contributed by atoms with Crippen LogP contribution in [0.2, 0.25) is 10.0 Å². The monoisotopic (exact) mass is 1060 g/mol. The van der Waals surface area contributed by atoms with Crippen LogP contribution in [0.15, 0.2) is 146 Å². The molecule has 0 spiro atoms. The number of benzene rings is 6. The summed E-state index contributed by atoms with van der Waals surface area (Å²) in [5.41, 5.74) is 17.7. The van der Waals surface area contributed by atoms with Gasteiger partial charge in [0.2, 0.25) is 0 Å². The average Bonchev–Trinajstić information content (AvgIpc) is 4.18. The van der Waals surface area contributed by atoms with E-state index in [1.165, 1.54) is 23.3 Å². The van der Waals surface area contributed by atoms with E-state index >= 15 is 0 Å². The quantitative estimate of drug-likeness (QED) is 0.0452. The molecule has 0 aliphatic carbocycles. The number of hydrogen-bond donors (Lipinski definition) is 3.